The fourth-order valence-electron chi connectivity index (χ4n) is 3.07. The summed E-state index contributed by atoms with van der Waals surface area (Å²) in [7, 11) is 1.57. The number of fused-ring (bicyclic) bond motifs is 1. The first-order valence-electron chi connectivity index (χ1n) is 9.17. The number of aromatic nitrogens is 2. The van der Waals surface area contributed by atoms with E-state index >= 15 is 0 Å². The quantitative estimate of drug-likeness (QED) is 0.525. The SMILES string of the molecule is COc1cc2ncnc(Nc3ccc(F)c(Cl)c3)c2cc1OCCN1CCNN1Cl. The fraction of sp³-hybridized carbons (Fsp3) is 0.263. The molecule has 0 spiro atoms. The van der Waals surface area contributed by atoms with Gasteiger partial charge in [0.2, 0.25) is 0 Å². The van der Waals surface area contributed by atoms with E-state index in [-0.39, 0.29) is 5.02 Å². The van der Waals surface area contributed by atoms with Gasteiger partial charge in [0.15, 0.2) is 11.5 Å². The first kappa shape index (κ1) is 20.8. The van der Waals surface area contributed by atoms with Crippen molar-refractivity contribution in [2.24, 2.45) is 0 Å². The molecule has 1 aromatic heterocycles. The van der Waals surface area contributed by atoms with Crippen molar-refractivity contribution in [3.63, 3.8) is 0 Å². The van der Waals surface area contributed by atoms with Crippen LogP contribution in [0.25, 0.3) is 10.9 Å². The van der Waals surface area contributed by atoms with Crippen LogP contribution in [0.3, 0.4) is 0 Å². The Morgan fingerprint density at radius 2 is 2.10 bits per heavy atom. The molecule has 4 rings (SSSR count). The van der Waals surface area contributed by atoms with Gasteiger partial charge in [0.1, 0.15) is 24.6 Å². The van der Waals surface area contributed by atoms with Crippen LogP contribution in [0.2, 0.25) is 5.02 Å². The van der Waals surface area contributed by atoms with Gasteiger partial charge < -0.3 is 14.8 Å². The number of methoxy groups -OCH3 is 1. The van der Waals surface area contributed by atoms with Crippen LogP contribution >= 0.6 is 23.4 Å². The number of hydrogen-bond donors (Lipinski definition) is 2. The summed E-state index contributed by atoms with van der Waals surface area (Å²) in [5, 5.41) is 5.81. The maximum absolute atomic E-state index is 13.4. The lowest BCUT2D eigenvalue weighted by molar-refractivity contribution is 0.0708. The molecule has 1 saturated heterocycles. The van der Waals surface area contributed by atoms with Crippen molar-refractivity contribution in [1.82, 2.24) is 25.0 Å². The van der Waals surface area contributed by atoms with E-state index in [4.69, 9.17) is 32.9 Å². The highest BCUT2D eigenvalue weighted by molar-refractivity contribution is 6.31. The molecule has 0 bridgehead atoms. The summed E-state index contributed by atoms with van der Waals surface area (Å²) in [4.78, 5) is 8.61. The largest absolute Gasteiger partial charge is 0.493 e. The minimum absolute atomic E-state index is 0.0220. The molecule has 0 saturated carbocycles. The number of benzene rings is 2. The van der Waals surface area contributed by atoms with E-state index in [9.17, 15) is 4.39 Å². The lowest BCUT2D eigenvalue weighted by atomic mass is 10.2. The summed E-state index contributed by atoms with van der Waals surface area (Å²) in [5.41, 5.74) is 4.26. The van der Waals surface area contributed by atoms with E-state index in [1.807, 2.05) is 11.1 Å². The van der Waals surface area contributed by atoms with Crippen LogP contribution in [-0.2, 0) is 0 Å². The van der Waals surface area contributed by atoms with Crippen molar-refractivity contribution < 1.29 is 13.9 Å². The minimum Gasteiger partial charge on any atom is -0.493 e. The molecule has 0 amide bonds. The summed E-state index contributed by atoms with van der Waals surface area (Å²) in [5.74, 6) is 1.15. The smallest absolute Gasteiger partial charge is 0.162 e. The lowest BCUT2D eigenvalue weighted by Crippen LogP contribution is -2.36. The predicted octanol–water partition coefficient (Wildman–Crippen LogP) is 3.74. The molecular formula is C19H19Cl2FN6O2. The topological polar surface area (TPSA) is 74.8 Å². The third-order valence-electron chi connectivity index (χ3n) is 4.57. The highest BCUT2D eigenvalue weighted by atomic mass is 35.5. The molecule has 0 radical (unpaired) electrons. The average molecular weight is 453 g/mol. The monoisotopic (exact) mass is 452 g/mol. The maximum atomic E-state index is 13.4. The normalized spacial score (nSPS) is 14.9. The Morgan fingerprint density at radius 1 is 1.23 bits per heavy atom. The van der Waals surface area contributed by atoms with Gasteiger partial charge >= 0.3 is 0 Å². The van der Waals surface area contributed by atoms with E-state index in [0.717, 1.165) is 18.5 Å². The van der Waals surface area contributed by atoms with Crippen LogP contribution in [0, 0.1) is 5.82 Å². The first-order chi connectivity index (χ1) is 14.5. The second kappa shape index (κ2) is 9.15. The zero-order valence-corrected chi connectivity index (χ0v) is 17.5. The van der Waals surface area contributed by atoms with Crippen molar-refractivity contribution in [2.75, 3.05) is 38.7 Å². The Balaban J connectivity index is 1.58. The predicted molar refractivity (Wildman–Crippen MR) is 114 cm³/mol. The highest BCUT2D eigenvalue weighted by Crippen LogP contribution is 2.35. The maximum Gasteiger partial charge on any atom is 0.162 e. The van der Waals surface area contributed by atoms with Gasteiger partial charge in [-0.2, -0.15) is 0 Å². The van der Waals surface area contributed by atoms with Crippen molar-refractivity contribution in [3.8, 4) is 11.5 Å². The second-order valence-corrected chi connectivity index (χ2v) is 7.19. The van der Waals surface area contributed by atoms with Gasteiger partial charge in [-0.1, -0.05) is 16.2 Å². The van der Waals surface area contributed by atoms with E-state index in [1.165, 1.54) is 23.1 Å². The first-order valence-corrected chi connectivity index (χ1v) is 9.88. The van der Waals surface area contributed by atoms with Crippen molar-refractivity contribution in [2.45, 2.75) is 0 Å². The van der Waals surface area contributed by atoms with Gasteiger partial charge in [0, 0.05) is 42.0 Å². The summed E-state index contributed by atoms with van der Waals surface area (Å²) in [6.07, 6.45) is 1.44. The number of rotatable bonds is 7. The van der Waals surface area contributed by atoms with Gasteiger partial charge in [-0.3, -0.25) is 0 Å². The molecule has 1 aliphatic rings. The fourth-order valence-corrected chi connectivity index (χ4v) is 3.48. The standard InChI is InChI=1S/C19H19Cl2FN6O2/c1-29-17-10-16-13(9-18(17)30-7-6-27-5-4-25-28(27)21)19(24-11-23-16)26-12-2-3-15(22)14(20)8-12/h2-3,8-11,25H,4-7H2,1H3,(H,23,24,26). The zero-order valence-electron chi connectivity index (χ0n) is 16.0. The summed E-state index contributed by atoms with van der Waals surface area (Å²) in [6.45, 7) is 2.57. The van der Waals surface area contributed by atoms with Crippen molar-refractivity contribution >= 4 is 45.8 Å². The number of nitrogens with one attached hydrogen (secondary N) is 2. The minimum atomic E-state index is -0.487. The molecule has 0 atom stereocenters. The molecule has 2 N–H and O–H groups in total. The molecule has 2 heterocycles. The van der Waals surface area contributed by atoms with Crippen LogP contribution < -0.4 is 20.2 Å². The molecule has 1 aliphatic heterocycles. The number of anilines is 2. The average Bonchev–Trinajstić information content (AvgIpc) is 3.15. The Morgan fingerprint density at radius 3 is 2.83 bits per heavy atom. The van der Waals surface area contributed by atoms with E-state index in [2.05, 4.69) is 20.7 Å². The molecule has 0 aliphatic carbocycles. The van der Waals surface area contributed by atoms with Crippen molar-refractivity contribution in [3.05, 3.63) is 47.5 Å². The van der Waals surface area contributed by atoms with Gasteiger partial charge in [-0.25, -0.2) is 24.8 Å². The van der Waals surface area contributed by atoms with Gasteiger partial charge in [-0.15, -0.1) is 0 Å². The van der Waals surface area contributed by atoms with E-state index in [1.54, 1.807) is 19.2 Å². The van der Waals surface area contributed by atoms with Crippen LogP contribution in [0.5, 0.6) is 11.5 Å². The molecule has 158 valence electrons. The number of hydrogen-bond acceptors (Lipinski definition) is 8. The molecule has 1 fully saturated rings. The van der Waals surface area contributed by atoms with E-state index in [0.29, 0.717) is 41.7 Å². The third kappa shape index (κ3) is 4.50. The molecule has 8 nitrogen and oxygen atoms in total. The summed E-state index contributed by atoms with van der Waals surface area (Å²) in [6, 6.07) is 7.95. The lowest BCUT2D eigenvalue weighted by Gasteiger charge is -2.20. The number of hydrazine groups is 2. The van der Waals surface area contributed by atoms with Gasteiger partial charge in [0.25, 0.3) is 0 Å². The van der Waals surface area contributed by atoms with Crippen LogP contribution in [0.4, 0.5) is 15.9 Å². The zero-order chi connectivity index (χ0) is 21.1. The molecule has 11 heteroatoms. The molecule has 3 aromatic rings. The molecule has 30 heavy (non-hydrogen) atoms. The van der Waals surface area contributed by atoms with Gasteiger partial charge in [-0.05, 0) is 24.3 Å². The van der Waals surface area contributed by atoms with Crippen LogP contribution in [-0.4, -0.2) is 53.0 Å². The Bertz CT molecular complexity index is 1060. The van der Waals surface area contributed by atoms with Crippen LogP contribution in [0.1, 0.15) is 0 Å². The Kier molecular flexibility index (Phi) is 6.35. The van der Waals surface area contributed by atoms with Gasteiger partial charge in [0.05, 0.1) is 24.2 Å². The molecular weight excluding hydrogens is 434 g/mol. The number of halogens is 3. The highest BCUT2D eigenvalue weighted by Gasteiger charge is 2.19. The van der Waals surface area contributed by atoms with E-state index < -0.39 is 5.82 Å². The number of ether oxygens (including phenoxy) is 2. The van der Waals surface area contributed by atoms with Crippen molar-refractivity contribution in [1.29, 1.82) is 0 Å². The third-order valence-corrected chi connectivity index (χ3v) is 5.19. The Hall–Kier alpha value is -2.43. The molecule has 2 aromatic carbocycles. The Labute approximate surface area is 182 Å². The second-order valence-electron chi connectivity index (χ2n) is 6.47. The number of nitrogens with zero attached hydrogens (tertiary/aromatic N) is 4. The molecule has 0 unspecified atom stereocenters. The summed E-state index contributed by atoms with van der Waals surface area (Å²) < 4.78 is 26.3. The van der Waals surface area contributed by atoms with Crippen LogP contribution in [0.15, 0.2) is 36.7 Å². The summed E-state index contributed by atoms with van der Waals surface area (Å²) >= 11 is 11.9.